The Balaban J connectivity index is 1.91. The van der Waals surface area contributed by atoms with E-state index in [2.05, 4.69) is 59.8 Å². The number of hydrogen-bond acceptors (Lipinski definition) is 3. The van der Waals surface area contributed by atoms with Crippen molar-refractivity contribution in [2.75, 3.05) is 37.6 Å². The van der Waals surface area contributed by atoms with Crippen LogP contribution < -0.4 is 10.2 Å². The van der Waals surface area contributed by atoms with Crippen molar-refractivity contribution in [3.05, 3.63) is 42.6 Å². The van der Waals surface area contributed by atoms with Gasteiger partial charge in [0.1, 0.15) is 0 Å². The van der Waals surface area contributed by atoms with Gasteiger partial charge in [-0.05, 0) is 37.7 Å². The smallest absolute Gasteiger partial charge is 0.0389 e. The van der Waals surface area contributed by atoms with Crippen LogP contribution in [0.15, 0.2) is 37.0 Å². The van der Waals surface area contributed by atoms with Crippen LogP contribution in [-0.2, 0) is 0 Å². The summed E-state index contributed by atoms with van der Waals surface area (Å²) in [6.07, 6.45) is 1.77. The Bertz CT molecular complexity index is 416. The molecular formula is C16H25N3. The Hall–Kier alpha value is -1.48. The van der Waals surface area contributed by atoms with Crippen molar-refractivity contribution in [1.82, 2.24) is 10.2 Å². The summed E-state index contributed by atoms with van der Waals surface area (Å²) in [5.74, 6) is 0. The number of anilines is 1. The lowest BCUT2D eigenvalue weighted by Crippen LogP contribution is -2.53. The fourth-order valence-corrected chi connectivity index (χ4v) is 2.75. The standard InChI is InChI=1S/C16H25N3/c1-4-17-8-9-18-10-11-19(15(3)13-18)16-7-5-6-14(2)12-16/h4-7,12,15,17H,1,8-11,13H2,2-3H3. The SMILES string of the molecule is C=CNCCN1CCN(c2cccc(C)c2)C(C)C1. The minimum atomic E-state index is 0.569. The average molecular weight is 259 g/mol. The minimum absolute atomic E-state index is 0.569. The number of rotatable bonds is 5. The summed E-state index contributed by atoms with van der Waals surface area (Å²) in [7, 11) is 0. The summed E-state index contributed by atoms with van der Waals surface area (Å²) >= 11 is 0. The van der Waals surface area contributed by atoms with Gasteiger partial charge >= 0.3 is 0 Å². The second kappa shape index (κ2) is 6.62. The maximum atomic E-state index is 3.68. The third-order valence-corrected chi connectivity index (χ3v) is 3.76. The number of piperazine rings is 1. The van der Waals surface area contributed by atoms with Crippen molar-refractivity contribution in [2.24, 2.45) is 0 Å². The summed E-state index contributed by atoms with van der Waals surface area (Å²) in [4.78, 5) is 5.04. The van der Waals surface area contributed by atoms with Gasteiger partial charge in [-0.1, -0.05) is 18.7 Å². The van der Waals surface area contributed by atoms with Crippen molar-refractivity contribution in [1.29, 1.82) is 0 Å². The molecule has 0 aliphatic carbocycles. The predicted molar refractivity (Wildman–Crippen MR) is 82.6 cm³/mol. The molecule has 1 aliphatic rings. The minimum Gasteiger partial charge on any atom is -0.390 e. The molecule has 0 saturated carbocycles. The van der Waals surface area contributed by atoms with Crippen molar-refractivity contribution in [3.63, 3.8) is 0 Å². The van der Waals surface area contributed by atoms with Gasteiger partial charge in [-0.2, -0.15) is 0 Å². The molecule has 3 nitrogen and oxygen atoms in total. The van der Waals surface area contributed by atoms with E-state index in [0.29, 0.717) is 6.04 Å². The summed E-state index contributed by atoms with van der Waals surface area (Å²) in [6, 6.07) is 9.38. The molecule has 1 atom stereocenters. The lowest BCUT2D eigenvalue weighted by Gasteiger charge is -2.41. The lowest BCUT2D eigenvalue weighted by molar-refractivity contribution is 0.231. The molecule has 1 aliphatic heterocycles. The molecule has 0 amide bonds. The second-order valence-electron chi connectivity index (χ2n) is 5.34. The zero-order chi connectivity index (χ0) is 13.7. The first kappa shape index (κ1) is 13.9. The van der Waals surface area contributed by atoms with Crippen LogP contribution in [0.5, 0.6) is 0 Å². The van der Waals surface area contributed by atoms with E-state index in [1.165, 1.54) is 11.3 Å². The molecule has 0 radical (unpaired) electrons. The zero-order valence-electron chi connectivity index (χ0n) is 12.1. The van der Waals surface area contributed by atoms with Gasteiger partial charge in [0.25, 0.3) is 0 Å². The maximum Gasteiger partial charge on any atom is 0.0389 e. The van der Waals surface area contributed by atoms with Crippen molar-refractivity contribution < 1.29 is 0 Å². The highest BCUT2D eigenvalue weighted by molar-refractivity contribution is 5.49. The van der Waals surface area contributed by atoms with E-state index in [9.17, 15) is 0 Å². The van der Waals surface area contributed by atoms with Crippen LogP contribution in [0.4, 0.5) is 5.69 Å². The first-order valence-corrected chi connectivity index (χ1v) is 7.10. The molecule has 0 aromatic heterocycles. The average Bonchev–Trinajstić information content (AvgIpc) is 2.39. The Labute approximate surface area is 116 Å². The van der Waals surface area contributed by atoms with Crippen LogP contribution in [0, 0.1) is 6.92 Å². The predicted octanol–water partition coefficient (Wildman–Crippen LogP) is 2.24. The monoisotopic (exact) mass is 259 g/mol. The van der Waals surface area contributed by atoms with Gasteiger partial charge in [-0.15, -0.1) is 0 Å². The van der Waals surface area contributed by atoms with E-state index >= 15 is 0 Å². The highest BCUT2D eigenvalue weighted by Crippen LogP contribution is 2.21. The summed E-state index contributed by atoms with van der Waals surface area (Å²) in [5.41, 5.74) is 2.69. The highest BCUT2D eigenvalue weighted by Gasteiger charge is 2.23. The number of nitrogens with zero attached hydrogens (tertiary/aromatic N) is 2. The Kier molecular flexibility index (Phi) is 4.86. The largest absolute Gasteiger partial charge is 0.390 e. The second-order valence-corrected chi connectivity index (χ2v) is 5.34. The van der Waals surface area contributed by atoms with Crippen LogP contribution in [0.2, 0.25) is 0 Å². The lowest BCUT2D eigenvalue weighted by atomic mass is 10.1. The summed E-state index contributed by atoms with van der Waals surface area (Å²) in [5, 5.41) is 3.17. The fraction of sp³-hybridized carbons (Fsp3) is 0.500. The number of nitrogens with one attached hydrogen (secondary N) is 1. The molecule has 0 bridgehead atoms. The fourth-order valence-electron chi connectivity index (χ4n) is 2.75. The van der Waals surface area contributed by atoms with Gasteiger partial charge in [-0.25, -0.2) is 0 Å². The van der Waals surface area contributed by atoms with E-state index < -0.39 is 0 Å². The van der Waals surface area contributed by atoms with Crippen LogP contribution in [-0.4, -0.2) is 43.7 Å². The molecular weight excluding hydrogens is 234 g/mol. The quantitative estimate of drug-likeness (QED) is 0.818. The van der Waals surface area contributed by atoms with E-state index in [0.717, 1.165) is 32.7 Å². The van der Waals surface area contributed by atoms with Crippen molar-refractivity contribution in [3.8, 4) is 0 Å². The molecule has 1 heterocycles. The summed E-state index contributed by atoms with van der Waals surface area (Å²) < 4.78 is 0. The third-order valence-electron chi connectivity index (χ3n) is 3.76. The van der Waals surface area contributed by atoms with Crippen LogP contribution in [0.25, 0.3) is 0 Å². The van der Waals surface area contributed by atoms with E-state index in [4.69, 9.17) is 0 Å². The molecule has 3 heteroatoms. The first-order valence-electron chi connectivity index (χ1n) is 7.10. The van der Waals surface area contributed by atoms with Gasteiger partial charge < -0.3 is 10.2 Å². The molecule has 1 fully saturated rings. The third kappa shape index (κ3) is 3.74. The molecule has 0 spiro atoms. The van der Waals surface area contributed by atoms with Gasteiger partial charge in [0.05, 0.1) is 0 Å². The molecule has 1 saturated heterocycles. The van der Waals surface area contributed by atoms with Crippen LogP contribution in [0.1, 0.15) is 12.5 Å². The molecule has 1 aromatic rings. The molecule has 19 heavy (non-hydrogen) atoms. The Morgan fingerprint density at radius 1 is 1.42 bits per heavy atom. The van der Waals surface area contributed by atoms with Gasteiger partial charge in [-0.3, -0.25) is 4.90 Å². The number of aryl methyl sites for hydroxylation is 1. The van der Waals surface area contributed by atoms with Crippen LogP contribution in [0.3, 0.4) is 0 Å². The van der Waals surface area contributed by atoms with E-state index in [1.807, 2.05) is 0 Å². The van der Waals surface area contributed by atoms with E-state index in [-0.39, 0.29) is 0 Å². The zero-order valence-corrected chi connectivity index (χ0v) is 12.1. The summed E-state index contributed by atoms with van der Waals surface area (Å²) in [6.45, 7) is 13.6. The van der Waals surface area contributed by atoms with Gasteiger partial charge in [0, 0.05) is 44.5 Å². The molecule has 1 unspecified atom stereocenters. The number of benzene rings is 1. The molecule has 1 aromatic carbocycles. The van der Waals surface area contributed by atoms with Crippen molar-refractivity contribution in [2.45, 2.75) is 19.9 Å². The normalized spacial score (nSPS) is 20.3. The van der Waals surface area contributed by atoms with Gasteiger partial charge in [0.2, 0.25) is 0 Å². The van der Waals surface area contributed by atoms with Crippen LogP contribution >= 0.6 is 0 Å². The number of hydrogen-bond donors (Lipinski definition) is 1. The Morgan fingerprint density at radius 2 is 2.26 bits per heavy atom. The molecule has 104 valence electrons. The Morgan fingerprint density at radius 3 is 2.95 bits per heavy atom. The molecule has 1 N–H and O–H groups in total. The maximum absolute atomic E-state index is 3.68. The topological polar surface area (TPSA) is 18.5 Å². The highest BCUT2D eigenvalue weighted by atomic mass is 15.3. The first-order chi connectivity index (χ1) is 9.20. The van der Waals surface area contributed by atoms with Gasteiger partial charge in [0.15, 0.2) is 0 Å². The van der Waals surface area contributed by atoms with E-state index in [1.54, 1.807) is 6.20 Å². The molecule has 2 rings (SSSR count). The van der Waals surface area contributed by atoms with Crippen molar-refractivity contribution >= 4 is 5.69 Å².